The Hall–Kier alpha value is -0.370. The van der Waals surface area contributed by atoms with E-state index in [9.17, 15) is 13.2 Å². The van der Waals surface area contributed by atoms with Crippen LogP contribution in [0.5, 0.6) is 0 Å². The average molecular weight is 287 g/mol. The Balaban J connectivity index is 4.85. The van der Waals surface area contributed by atoms with Gasteiger partial charge < -0.3 is 4.74 Å². The molecule has 102 valence electrons. The first kappa shape index (κ1) is 16.6. The van der Waals surface area contributed by atoms with Crippen molar-refractivity contribution in [3.8, 4) is 0 Å². The molecule has 0 aromatic rings. The van der Waals surface area contributed by atoms with Crippen molar-refractivity contribution in [2.24, 2.45) is 5.14 Å². The Morgan fingerprint density at radius 2 is 2.00 bits per heavy atom. The molecule has 0 radical (unpaired) electrons. The molecule has 0 amide bonds. The molecule has 17 heavy (non-hydrogen) atoms. The van der Waals surface area contributed by atoms with Gasteiger partial charge in [-0.2, -0.15) is 12.7 Å². The number of halogens is 1. The van der Waals surface area contributed by atoms with Crippen molar-refractivity contribution in [3.05, 3.63) is 0 Å². The third-order valence-corrected chi connectivity index (χ3v) is 3.57. The van der Waals surface area contributed by atoms with Gasteiger partial charge >= 0.3 is 5.97 Å². The minimum Gasteiger partial charge on any atom is -0.468 e. The topological polar surface area (TPSA) is 89.7 Å². The number of ether oxygens (including phenoxy) is 1. The van der Waals surface area contributed by atoms with Crippen molar-refractivity contribution in [1.29, 1.82) is 0 Å². The second kappa shape index (κ2) is 5.99. The molecule has 0 heterocycles. The lowest BCUT2D eigenvalue weighted by molar-refractivity contribution is -0.145. The second-order valence-corrected chi connectivity index (χ2v) is 6.99. The molecule has 1 unspecified atom stereocenters. The Morgan fingerprint density at radius 3 is 2.29 bits per heavy atom. The zero-order valence-electron chi connectivity index (χ0n) is 10.4. The molecule has 0 rings (SSSR count). The Kier molecular flexibility index (Phi) is 5.86. The summed E-state index contributed by atoms with van der Waals surface area (Å²) >= 11 is 5.99. The molecule has 2 N–H and O–H groups in total. The highest BCUT2D eigenvalue weighted by Crippen LogP contribution is 2.22. The van der Waals surface area contributed by atoms with Gasteiger partial charge in [-0.05, 0) is 26.7 Å². The minimum atomic E-state index is -3.94. The molecule has 0 bridgehead atoms. The summed E-state index contributed by atoms with van der Waals surface area (Å²) in [5, 5.41) is 4.97. The highest BCUT2D eigenvalue weighted by molar-refractivity contribution is 7.86. The maximum atomic E-state index is 11.5. The van der Waals surface area contributed by atoms with Crippen LogP contribution in [0.2, 0.25) is 0 Å². The molecule has 0 fully saturated rings. The number of hydrogen-bond donors (Lipinski definition) is 1. The summed E-state index contributed by atoms with van der Waals surface area (Å²) < 4.78 is 27.7. The van der Waals surface area contributed by atoms with E-state index < -0.39 is 27.1 Å². The summed E-state index contributed by atoms with van der Waals surface area (Å²) in [5.41, 5.74) is 0. The molecule has 1 atom stereocenters. The van der Waals surface area contributed by atoms with Crippen LogP contribution in [0.15, 0.2) is 0 Å². The summed E-state index contributed by atoms with van der Waals surface area (Å²) in [6.45, 7) is 3.56. The fourth-order valence-electron chi connectivity index (χ4n) is 1.24. The lowest BCUT2D eigenvalue weighted by Gasteiger charge is -2.25. The van der Waals surface area contributed by atoms with Gasteiger partial charge in [0.2, 0.25) is 0 Å². The van der Waals surface area contributed by atoms with Gasteiger partial charge in [0.15, 0.2) is 0 Å². The van der Waals surface area contributed by atoms with Crippen LogP contribution in [-0.2, 0) is 19.7 Å². The van der Waals surface area contributed by atoms with Crippen LogP contribution in [0, 0.1) is 0 Å². The number of esters is 1. The van der Waals surface area contributed by atoms with Gasteiger partial charge in [-0.15, -0.1) is 11.6 Å². The van der Waals surface area contributed by atoms with Gasteiger partial charge in [-0.25, -0.2) is 5.14 Å². The molecular formula is C9H19ClN2O4S. The number of alkyl halides is 1. The van der Waals surface area contributed by atoms with E-state index in [4.69, 9.17) is 16.7 Å². The van der Waals surface area contributed by atoms with Crippen LogP contribution in [0.25, 0.3) is 0 Å². The number of rotatable bonds is 6. The number of carbonyl (C=O) groups excluding carboxylic acids is 1. The highest BCUT2D eigenvalue weighted by atomic mass is 35.5. The van der Waals surface area contributed by atoms with Crippen LogP contribution in [0.3, 0.4) is 0 Å². The zero-order valence-corrected chi connectivity index (χ0v) is 12.0. The summed E-state index contributed by atoms with van der Waals surface area (Å²) in [7, 11) is -1.51. The maximum absolute atomic E-state index is 11.5. The number of nitrogens with zero attached hydrogens (tertiary/aromatic N) is 1. The van der Waals surface area contributed by atoms with Gasteiger partial charge in [-0.1, -0.05) is 0 Å². The highest BCUT2D eigenvalue weighted by Gasteiger charge is 2.31. The fourth-order valence-corrected chi connectivity index (χ4v) is 1.90. The molecule has 6 nitrogen and oxygen atoms in total. The quantitative estimate of drug-likeness (QED) is 0.567. The predicted octanol–water partition coefficient (Wildman–Crippen LogP) is 0.461. The van der Waals surface area contributed by atoms with Crippen LogP contribution in [0.4, 0.5) is 0 Å². The van der Waals surface area contributed by atoms with E-state index in [2.05, 4.69) is 4.74 Å². The van der Waals surface area contributed by atoms with Gasteiger partial charge in [0, 0.05) is 11.9 Å². The lowest BCUT2D eigenvalue weighted by Crippen LogP contribution is -2.46. The van der Waals surface area contributed by atoms with Crippen molar-refractivity contribution in [2.75, 3.05) is 14.2 Å². The molecule has 0 aromatic heterocycles. The standard InChI is InChI=1S/C9H19ClN2O4S/c1-9(2,10)6-5-7(8(13)16-4)12(3)17(11,14)15/h7H,5-6H2,1-4H3,(H2,11,14,15). The third kappa shape index (κ3) is 6.21. The molecule has 0 saturated heterocycles. The SMILES string of the molecule is COC(=O)C(CCC(C)(C)Cl)N(C)S(N)(=O)=O. The summed E-state index contributed by atoms with van der Waals surface area (Å²) in [4.78, 5) is 11.0. The Labute approximate surface area is 107 Å². The van der Waals surface area contributed by atoms with Crippen molar-refractivity contribution < 1.29 is 17.9 Å². The number of likely N-dealkylation sites (N-methyl/N-ethyl adjacent to an activating group) is 1. The maximum Gasteiger partial charge on any atom is 0.324 e. The van der Waals surface area contributed by atoms with E-state index in [1.54, 1.807) is 13.8 Å². The molecule has 0 aliphatic heterocycles. The predicted molar refractivity (Wildman–Crippen MR) is 65.8 cm³/mol. The van der Waals surface area contributed by atoms with E-state index in [0.29, 0.717) is 6.42 Å². The Bertz CT molecular complexity index is 364. The molecular weight excluding hydrogens is 268 g/mol. The van der Waals surface area contributed by atoms with E-state index in [1.807, 2.05) is 0 Å². The normalized spacial score (nSPS) is 14.8. The first-order valence-electron chi connectivity index (χ1n) is 5.01. The Morgan fingerprint density at radius 1 is 1.53 bits per heavy atom. The molecule has 0 spiro atoms. The van der Waals surface area contributed by atoms with Crippen LogP contribution in [0.1, 0.15) is 26.7 Å². The molecule has 0 aliphatic carbocycles. The summed E-state index contributed by atoms with van der Waals surface area (Å²) in [5.74, 6) is -0.651. The van der Waals surface area contributed by atoms with Crippen molar-refractivity contribution in [2.45, 2.75) is 37.6 Å². The summed E-state index contributed by atoms with van der Waals surface area (Å²) in [6, 6.07) is -0.951. The minimum absolute atomic E-state index is 0.246. The smallest absolute Gasteiger partial charge is 0.324 e. The van der Waals surface area contributed by atoms with Crippen molar-refractivity contribution >= 4 is 27.8 Å². The molecule has 0 saturated carbocycles. The molecule has 0 aromatic carbocycles. The average Bonchev–Trinajstić information content (AvgIpc) is 2.14. The van der Waals surface area contributed by atoms with Gasteiger partial charge in [0.1, 0.15) is 6.04 Å². The van der Waals surface area contributed by atoms with Gasteiger partial charge in [-0.3, -0.25) is 4.79 Å². The van der Waals surface area contributed by atoms with Crippen LogP contribution < -0.4 is 5.14 Å². The molecule has 8 heteroatoms. The monoisotopic (exact) mass is 286 g/mol. The van der Waals surface area contributed by atoms with Crippen LogP contribution >= 0.6 is 11.6 Å². The fraction of sp³-hybridized carbons (Fsp3) is 0.889. The number of hydrogen-bond acceptors (Lipinski definition) is 4. The van der Waals surface area contributed by atoms with E-state index >= 15 is 0 Å². The first-order valence-corrected chi connectivity index (χ1v) is 6.89. The van der Waals surface area contributed by atoms with Crippen molar-refractivity contribution in [1.82, 2.24) is 4.31 Å². The number of methoxy groups -OCH3 is 1. The largest absolute Gasteiger partial charge is 0.468 e. The third-order valence-electron chi connectivity index (χ3n) is 2.33. The van der Waals surface area contributed by atoms with E-state index in [-0.39, 0.29) is 6.42 Å². The number of nitrogens with two attached hydrogens (primary N) is 1. The van der Waals surface area contributed by atoms with E-state index in [0.717, 1.165) is 4.31 Å². The molecule has 0 aliphatic rings. The number of carbonyl (C=O) groups is 1. The van der Waals surface area contributed by atoms with E-state index in [1.165, 1.54) is 14.2 Å². The van der Waals surface area contributed by atoms with Gasteiger partial charge in [0.05, 0.1) is 7.11 Å². The van der Waals surface area contributed by atoms with Crippen molar-refractivity contribution in [3.63, 3.8) is 0 Å². The lowest BCUT2D eigenvalue weighted by atomic mass is 10.0. The van der Waals surface area contributed by atoms with Gasteiger partial charge in [0.25, 0.3) is 10.2 Å². The first-order chi connectivity index (χ1) is 7.49. The second-order valence-electron chi connectivity index (χ2n) is 4.36. The summed E-state index contributed by atoms with van der Waals surface area (Å²) in [6.07, 6.45) is 0.699. The van der Waals surface area contributed by atoms with Crippen LogP contribution in [-0.4, -0.2) is 43.8 Å². The zero-order chi connectivity index (χ0) is 13.9.